The molecule has 13 aromatic rings. The molecule has 0 saturated heterocycles. The summed E-state index contributed by atoms with van der Waals surface area (Å²) in [5.41, 5.74) is 17.8. The fourth-order valence-electron chi connectivity index (χ4n) is 10.1. The number of hydrogen-bond donors (Lipinski definition) is 0. The summed E-state index contributed by atoms with van der Waals surface area (Å²) >= 11 is 0. The van der Waals surface area contributed by atoms with Crippen LogP contribution in [0.15, 0.2) is 258 Å². The molecule has 13 rings (SSSR count). The van der Waals surface area contributed by atoms with Crippen LogP contribution in [0.25, 0.3) is 110 Å². The molecule has 0 N–H and O–H groups in total. The van der Waals surface area contributed by atoms with Crippen molar-refractivity contribution < 1.29 is 8.83 Å². The van der Waals surface area contributed by atoms with Crippen LogP contribution in [0.1, 0.15) is 0 Å². The largest absolute Gasteiger partial charge is 0.456 e. The molecule has 3 nitrogen and oxygen atoms in total. The van der Waals surface area contributed by atoms with Crippen LogP contribution in [0.3, 0.4) is 0 Å². The predicted octanol–water partition coefficient (Wildman–Crippen LogP) is 18.4. The summed E-state index contributed by atoms with van der Waals surface area (Å²) in [5, 5.41) is 6.70. The van der Waals surface area contributed by atoms with E-state index in [1.165, 1.54) is 27.5 Å². The molecule has 0 radical (unpaired) electrons. The Labute approximate surface area is 388 Å². The number of furan rings is 2. The number of hydrogen-bond acceptors (Lipinski definition) is 3. The number of benzene rings is 11. The van der Waals surface area contributed by atoms with Crippen molar-refractivity contribution >= 4 is 71.7 Å². The standard InChI is InChI=1S/C64H41NO2/c1-5-15-42(16-6-1)48-28-34-55-56-36-32-51(41-61(56)66-59(55)39-48)65(50-30-25-46(26-31-50)53-33-27-45-21-13-14-24-52(45)62(53)47-22-11-4-12-23-47)58-38-37-54(44-19-9-3-10-20-44)64-63(58)57-35-29-49(40-60(57)67-64)43-17-7-2-8-18-43/h1-41H. The van der Waals surface area contributed by atoms with E-state index < -0.39 is 0 Å². The summed E-state index contributed by atoms with van der Waals surface area (Å²) in [4.78, 5) is 2.36. The molecule has 0 amide bonds. The lowest BCUT2D eigenvalue weighted by molar-refractivity contribution is 0.669. The van der Waals surface area contributed by atoms with Crippen molar-refractivity contribution in [3.05, 3.63) is 249 Å². The van der Waals surface area contributed by atoms with Gasteiger partial charge in [-0.05, 0) is 122 Å². The molecule has 0 spiro atoms. The van der Waals surface area contributed by atoms with Gasteiger partial charge >= 0.3 is 0 Å². The predicted molar refractivity (Wildman–Crippen MR) is 280 cm³/mol. The average Bonchev–Trinajstić information content (AvgIpc) is 3.98. The van der Waals surface area contributed by atoms with E-state index in [1.807, 2.05) is 6.07 Å². The molecule has 0 unspecified atom stereocenters. The minimum absolute atomic E-state index is 0.824. The summed E-state index contributed by atoms with van der Waals surface area (Å²) in [6, 6.07) is 88.7. The van der Waals surface area contributed by atoms with Gasteiger partial charge in [0, 0.05) is 39.2 Å². The van der Waals surface area contributed by atoms with Gasteiger partial charge in [-0.15, -0.1) is 0 Å². The lowest BCUT2D eigenvalue weighted by atomic mass is 9.89. The Balaban J connectivity index is 1.03. The van der Waals surface area contributed by atoms with Crippen molar-refractivity contribution in [2.45, 2.75) is 0 Å². The van der Waals surface area contributed by atoms with E-state index in [0.29, 0.717) is 0 Å². The van der Waals surface area contributed by atoms with E-state index in [0.717, 1.165) is 99.9 Å². The van der Waals surface area contributed by atoms with Crippen LogP contribution in [0.5, 0.6) is 0 Å². The quantitative estimate of drug-likeness (QED) is 0.152. The van der Waals surface area contributed by atoms with Crippen LogP contribution < -0.4 is 4.90 Å². The monoisotopic (exact) mass is 855 g/mol. The first-order valence-electron chi connectivity index (χ1n) is 22.8. The highest BCUT2D eigenvalue weighted by Gasteiger charge is 2.24. The van der Waals surface area contributed by atoms with Crippen molar-refractivity contribution in [2.75, 3.05) is 4.90 Å². The molecular formula is C64H41NO2. The van der Waals surface area contributed by atoms with Gasteiger partial charge in [0.05, 0.1) is 11.1 Å². The molecule has 0 atom stereocenters. The molecule has 0 saturated carbocycles. The third kappa shape index (κ3) is 6.67. The number of nitrogens with zero attached hydrogens (tertiary/aromatic N) is 1. The zero-order valence-corrected chi connectivity index (χ0v) is 36.4. The Hall–Kier alpha value is -8.92. The second-order valence-electron chi connectivity index (χ2n) is 17.2. The molecule has 2 aromatic heterocycles. The molecule has 0 aliphatic carbocycles. The first kappa shape index (κ1) is 38.5. The Morgan fingerprint density at radius 3 is 1.45 bits per heavy atom. The molecule has 0 fully saturated rings. The lowest BCUT2D eigenvalue weighted by Gasteiger charge is -2.27. The maximum absolute atomic E-state index is 7.04. The molecule has 11 aromatic carbocycles. The van der Waals surface area contributed by atoms with E-state index in [9.17, 15) is 0 Å². The number of fused-ring (bicyclic) bond motifs is 7. The number of rotatable bonds is 8. The lowest BCUT2D eigenvalue weighted by Crippen LogP contribution is -2.10. The Morgan fingerprint density at radius 2 is 0.776 bits per heavy atom. The van der Waals surface area contributed by atoms with E-state index in [-0.39, 0.29) is 0 Å². The van der Waals surface area contributed by atoms with E-state index in [2.05, 4.69) is 248 Å². The molecular weight excluding hydrogens is 815 g/mol. The van der Waals surface area contributed by atoms with Gasteiger partial charge < -0.3 is 13.7 Å². The van der Waals surface area contributed by atoms with Gasteiger partial charge in [-0.25, -0.2) is 0 Å². The first-order chi connectivity index (χ1) is 33.2. The zero-order chi connectivity index (χ0) is 44.3. The van der Waals surface area contributed by atoms with Gasteiger partial charge in [0.1, 0.15) is 22.3 Å². The summed E-state index contributed by atoms with van der Waals surface area (Å²) in [5.74, 6) is 0. The van der Waals surface area contributed by atoms with Crippen molar-refractivity contribution in [1.82, 2.24) is 0 Å². The van der Waals surface area contributed by atoms with E-state index in [4.69, 9.17) is 8.83 Å². The van der Waals surface area contributed by atoms with Crippen molar-refractivity contribution in [3.63, 3.8) is 0 Å². The topological polar surface area (TPSA) is 29.5 Å². The summed E-state index contributed by atoms with van der Waals surface area (Å²) in [6.45, 7) is 0. The zero-order valence-electron chi connectivity index (χ0n) is 36.4. The van der Waals surface area contributed by atoms with E-state index in [1.54, 1.807) is 0 Å². The fourth-order valence-corrected chi connectivity index (χ4v) is 10.1. The highest BCUT2D eigenvalue weighted by molar-refractivity contribution is 6.18. The Bertz CT molecular complexity index is 3950. The molecule has 0 aliphatic rings. The molecule has 0 bridgehead atoms. The maximum Gasteiger partial charge on any atom is 0.145 e. The van der Waals surface area contributed by atoms with Crippen LogP contribution in [0, 0.1) is 0 Å². The number of anilines is 3. The van der Waals surface area contributed by atoms with Gasteiger partial charge in [-0.2, -0.15) is 0 Å². The minimum Gasteiger partial charge on any atom is -0.456 e. The normalized spacial score (nSPS) is 11.6. The highest BCUT2D eigenvalue weighted by Crippen LogP contribution is 2.48. The average molecular weight is 856 g/mol. The van der Waals surface area contributed by atoms with Gasteiger partial charge in [0.2, 0.25) is 0 Å². The van der Waals surface area contributed by atoms with Crippen LogP contribution in [-0.4, -0.2) is 0 Å². The van der Waals surface area contributed by atoms with Gasteiger partial charge in [0.25, 0.3) is 0 Å². The second kappa shape index (κ2) is 16.0. The Kier molecular flexibility index (Phi) is 9.17. The van der Waals surface area contributed by atoms with Crippen LogP contribution in [0.2, 0.25) is 0 Å². The molecule has 2 heterocycles. The van der Waals surface area contributed by atoms with Crippen molar-refractivity contribution in [2.24, 2.45) is 0 Å². The molecule has 314 valence electrons. The van der Waals surface area contributed by atoms with Gasteiger partial charge in [-0.3, -0.25) is 0 Å². The van der Waals surface area contributed by atoms with Crippen LogP contribution in [-0.2, 0) is 0 Å². The second-order valence-corrected chi connectivity index (χ2v) is 17.2. The highest BCUT2D eigenvalue weighted by atomic mass is 16.3. The molecule has 3 heteroatoms. The first-order valence-corrected chi connectivity index (χ1v) is 22.8. The molecule has 67 heavy (non-hydrogen) atoms. The summed E-state index contributed by atoms with van der Waals surface area (Å²) in [6.07, 6.45) is 0. The van der Waals surface area contributed by atoms with Crippen molar-refractivity contribution in [3.8, 4) is 55.6 Å². The third-order valence-corrected chi connectivity index (χ3v) is 13.3. The minimum atomic E-state index is 0.824. The van der Waals surface area contributed by atoms with E-state index >= 15 is 0 Å². The summed E-state index contributed by atoms with van der Waals surface area (Å²) < 4.78 is 13.8. The maximum atomic E-state index is 7.04. The van der Waals surface area contributed by atoms with Crippen LogP contribution in [0.4, 0.5) is 17.1 Å². The Morgan fingerprint density at radius 1 is 0.284 bits per heavy atom. The SMILES string of the molecule is c1ccc(-c2ccc3c(c2)oc2cc(N(c4ccc(-c5ccc6ccccc6c5-c5ccccc5)cc4)c4ccc(-c5ccccc5)c5oc6cc(-c7ccccc7)ccc6c45)ccc23)cc1. The smallest absolute Gasteiger partial charge is 0.145 e. The van der Waals surface area contributed by atoms with Gasteiger partial charge in [0.15, 0.2) is 0 Å². The van der Waals surface area contributed by atoms with Crippen molar-refractivity contribution in [1.29, 1.82) is 0 Å². The third-order valence-electron chi connectivity index (χ3n) is 13.3. The van der Waals surface area contributed by atoms with Gasteiger partial charge in [-0.1, -0.05) is 182 Å². The molecule has 0 aliphatic heterocycles. The fraction of sp³-hybridized carbons (Fsp3) is 0. The van der Waals surface area contributed by atoms with Crippen LogP contribution >= 0.6 is 0 Å². The summed E-state index contributed by atoms with van der Waals surface area (Å²) in [7, 11) is 0.